The van der Waals surface area contributed by atoms with Crippen LogP contribution in [-0.2, 0) is 21.2 Å². The fraction of sp³-hybridized carbons (Fsp3) is 0.619. The maximum absolute atomic E-state index is 12.0. The van der Waals surface area contributed by atoms with E-state index in [1.807, 2.05) is 17.9 Å². The molecule has 1 aliphatic rings. The molecule has 0 aromatic heterocycles. The molecule has 0 atom stereocenters. The highest BCUT2D eigenvalue weighted by molar-refractivity contribution is 14.0. The van der Waals surface area contributed by atoms with Crippen LogP contribution in [0.25, 0.3) is 0 Å². The topological polar surface area (TPSA) is 90.9 Å². The summed E-state index contributed by atoms with van der Waals surface area (Å²) in [7, 11) is -3.21. The highest BCUT2D eigenvalue weighted by Gasteiger charge is 2.15. The molecule has 30 heavy (non-hydrogen) atoms. The van der Waals surface area contributed by atoms with Crippen molar-refractivity contribution >= 4 is 45.7 Å². The molecule has 1 amide bonds. The van der Waals surface area contributed by atoms with Gasteiger partial charge in [0.2, 0.25) is 5.91 Å². The van der Waals surface area contributed by atoms with Crippen molar-refractivity contribution < 1.29 is 13.2 Å². The molecule has 1 aliphatic heterocycles. The Labute approximate surface area is 198 Å². The van der Waals surface area contributed by atoms with Gasteiger partial charge in [-0.3, -0.25) is 4.79 Å². The molecule has 0 spiro atoms. The van der Waals surface area contributed by atoms with Gasteiger partial charge in [-0.05, 0) is 50.3 Å². The van der Waals surface area contributed by atoms with Gasteiger partial charge in [0, 0.05) is 38.9 Å². The SMILES string of the molecule is CCNC(=NCc1ccc(S(C)(=O)=O)c(C)c1)NCCCN1CCCCCC1=O.I. The third kappa shape index (κ3) is 8.79. The lowest BCUT2D eigenvalue weighted by atomic mass is 10.1. The minimum atomic E-state index is -3.21. The fourth-order valence-corrected chi connectivity index (χ4v) is 4.45. The van der Waals surface area contributed by atoms with E-state index in [1.165, 1.54) is 6.26 Å². The zero-order valence-electron chi connectivity index (χ0n) is 18.2. The minimum Gasteiger partial charge on any atom is -0.357 e. The van der Waals surface area contributed by atoms with Crippen molar-refractivity contribution in [1.82, 2.24) is 15.5 Å². The van der Waals surface area contributed by atoms with Crippen LogP contribution in [0.4, 0.5) is 0 Å². The predicted octanol–water partition coefficient (Wildman–Crippen LogP) is 2.86. The molecule has 1 aromatic carbocycles. The summed E-state index contributed by atoms with van der Waals surface area (Å²) < 4.78 is 23.5. The number of likely N-dealkylation sites (tertiary alicyclic amines) is 1. The molecule has 0 aliphatic carbocycles. The summed E-state index contributed by atoms with van der Waals surface area (Å²) in [5.74, 6) is 0.996. The zero-order chi connectivity index (χ0) is 21.3. The lowest BCUT2D eigenvalue weighted by Gasteiger charge is -2.20. The van der Waals surface area contributed by atoms with E-state index in [-0.39, 0.29) is 29.9 Å². The van der Waals surface area contributed by atoms with Crippen LogP contribution < -0.4 is 10.6 Å². The number of rotatable bonds is 8. The summed E-state index contributed by atoms with van der Waals surface area (Å²) in [6.07, 6.45) is 6.02. The van der Waals surface area contributed by atoms with Gasteiger partial charge in [0.05, 0.1) is 11.4 Å². The first-order valence-corrected chi connectivity index (χ1v) is 12.3. The van der Waals surface area contributed by atoms with E-state index in [4.69, 9.17) is 0 Å². The summed E-state index contributed by atoms with van der Waals surface area (Å²) >= 11 is 0. The van der Waals surface area contributed by atoms with E-state index in [1.54, 1.807) is 19.1 Å². The molecule has 1 saturated heterocycles. The largest absolute Gasteiger partial charge is 0.357 e. The van der Waals surface area contributed by atoms with Crippen molar-refractivity contribution in [3.05, 3.63) is 29.3 Å². The Hall–Kier alpha value is -1.36. The molecule has 2 rings (SSSR count). The molecule has 9 heteroatoms. The molecule has 1 fully saturated rings. The number of sulfone groups is 1. The van der Waals surface area contributed by atoms with Gasteiger partial charge in [0.1, 0.15) is 0 Å². The Morgan fingerprint density at radius 3 is 2.63 bits per heavy atom. The fourth-order valence-electron chi connectivity index (χ4n) is 3.49. The lowest BCUT2D eigenvalue weighted by Crippen LogP contribution is -2.39. The average molecular weight is 551 g/mol. The van der Waals surface area contributed by atoms with E-state index in [0.717, 1.165) is 68.9 Å². The van der Waals surface area contributed by atoms with Crippen molar-refractivity contribution in [2.45, 2.75) is 57.4 Å². The second-order valence-corrected chi connectivity index (χ2v) is 9.52. The number of nitrogens with one attached hydrogen (secondary N) is 2. The van der Waals surface area contributed by atoms with Crippen molar-refractivity contribution in [2.75, 3.05) is 32.4 Å². The van der Waals surface area contributed by atoms with E-state index >= 15 is 0 Å². The Balaban J connectivity index is 0.00000450. The molecule has 1 aromatic rings. The molecular formula is C21H35IN4O3S. The number of guanidine groups is 1. The molecule has 0 radical (unpaired) electrons. The number of aryl methyl sites for hydroxylation is 1. The first kappa shape index (κ1) is 26.7. The van der Waals surface area contributed by atoms with Gasteiger partial charge < -0.3 is 15.5 Å². The van der Waals surface area contributed by atoms with E-state index in [0.29, 0.717) is 17.9 Å². The number of nitrogens with zero attached hydrogens (tertiary/aromatic N) is 2. The summed E-state index contributed by atoms with van der Waals surface area (Å²) in [5.41, 5.74) is 1.70. The summed E-state index contributed by atoms with van der Waals surface area (Å²) in [6, 6.07) is 5.32. The summed E-state index contributed by atoms with van der Waals surface area (Å²) in [5, 5.41) is 6.54. The molecule has 0 bridgehead atoms. The van der Waals surface area contributed by atoms with Crippen LogP contribution >= 0.6 is 24.0 Å². The number of aliphatic imine (C=N–C) groups is 1. The van der Waals surface area contributed by atoms with Gasteiger partial charge in [0.15, 0.2) is 15.8 Å². The quantitative estimate of drug-likeness (QED) is 0.225. The van der Waals surface area contributed by atoms with Crippen LogP contribution in [0.3, 0.4) is 0 Å². The van der Waals surface area contributed by atoms with Crippen molar-refractivity contribution in [3.8, 4) is 0 Å². The maximum atomic E-state index is 12.0. The zero-order valence-corrected chi connectivity index (χ0v) is 21.4. The second kappa shape index (κ2) is 13.1. The summed E-state index contributed by atoms with van der Waals surface area (Å²) in [6.45, 7) is 7.41. The normalized spacial score (nSPS) is 15.4. The van der Waals surface area contributed by atoms with Gasteiger partial charge in [-0.25, -0.2) is 13.4 Å². The van der Waals surface area contributed by atoms with Gasteiger partial charge in [-0.2, -0.15) is 0 Å². The molecule has 1 heterocycles. The number of carbonyl (C=O) groups excluding carboxylic acids is 1. The number of hydrogen-bond donors (Lipinski definition) is 2. The Morgan fingerprint density at radius 2 is 1.97 bits per heavy atom. The Morgan fingerprint density at radius 1 is 1.20 bits per heavy atom. The van der Waals surface area contributed by atoms with Crippen LogP contribution in [0.5, 0.6) is 0 Å². The lowest BCUT2D eigenvalue weighted by molar-refractivity contribution is -0.130. The van der Waals surface area contributed by atoms with E-state index in [9.17, 15) is 13.2 Å². The van der Waals surface area contributed by atoms with Gasteiger partial charge >= 0.3 is 0 Å². The van der Waals surface area contributed by atoms with E-state index in [2.05, 4.69) is 15.6 Å². The minimum absolute atomic E-state index is 0. The summed E-state index contributed by atoms with van der Waals surface area (Å²) in [4.78, 5) is 19.0. The number of hydrogen-bond acceptors (Lipinski definition) is 4. The van der Waals surface area contributed by atoms with Gasteiger partial charge in [0.25, 0.3) is 0 Å². The van der Waals surface area contributed by atoms with Crippen LogP contribution in [0.2, 0.25) is 0 Å². The smallest absolute Gasteiger partial charge is 0.222 e. The standard InChI is InChI=1S/C21H34N4O3S.HI/c1-4-22-21(23-12-8-14-25-13-7-5-6-9-20(25)26)24-16-18-10-11-19(17(2)15-18)29(3,27)28;/h10-11,15H,4-9,12-14,16H2,1-3H3,(H2,22,23,24);1H. The van der Waals surface area contributed by atoms with Crippen LogP contribution in [0.15, 0.2) is 28.1 Å². The van der Waals surface area contributed by atoms with E-state index < -0.39 is 9.84 Å². The third-order valence-corrected chi connectivity index (χ3v) is 6.23. The number of benzene rings is 1. The van der Waals surface area contributed by atoms with Crippen LogP contribution in [-0.4, -0.2) is 57.6 Å². The van der Waals surface area contributed by atoms with Crippen molar-refractivity contribution in [1.29, 1.82) is 0 Å². The van der Waals surface area contributed by atoms with Crippen molar-refractivity contribution in [2.24, 2.45) is 4.99 Å². The number of halogens is 1. The van der Waals surface area contributed by atoms with Gasteiger partial charge in [-0.15, -0.1) is 24.0 Å². The highest BCUT2D eigenvalue weighted by atomic mass is 127. The highest BCUT2D eigenvalue weighted by Crippen LogP contribution is 2.17. The number of amides is 1. The first-order chi connectivity index (χ1) is 13.8. The molecule has 170 valence electrons. The molecule has 7 nitrogen and oxygen atoms in total. The predicted molar refractivity (Wildman–Crippen MR) is 132 cm³/mol. The molecule has 0 unspecified atom stereocenters. The molecular weight excluding hydrogens is 515 g/mol. The number of carbonyl (C=O) groups is 1. The first-order valence-electron chi connectivity index (χ1n) is 10.4. The Bertz CT molecular complexity index is 828. The van der Waals surface area contributed by atoms with Crippen LogP contribution in [0.1, 0.15) is 50.2 Å². The van der Waals surface area contributed by atoms with Gasteiger partial charge in [-0.1, -0.05) is 18.6 Å². The monoisotopic (exact) mass is 550 g/mol. The van der Waals surface area contributed by atoms with Crippen molar-refractivity contribution in [3.63, 3.8) is 0 Å². The Kier molecular flexibility index (Phi) is 11.7. The molecule has 0 saturated carbocycles. The van der Waals surface area contributed by atoms with Crippen LogP contribution in [0, 0.1) is 6.92 Å². The maximum Gasteiger partial charge on any atom is 0.222 e. The second-order valence-electron chi connectivity index (χ2n) is 7.54. The average Bonchev–Trinajstić information content (AvgIpc) is 2.86. The molecule has 2 N–H and O–H groups in total. The third-order valence-electron chi connectivity index (χ3n) is 4.97.